The average molecular weight is 239 g/mol. The molecule has 4 nitrogen and oxygen atoms in total. The van der Waals surface area contributed by atoms with Crippen LogP contribution < -0.4 is 14.8 Å². The van der Waals surface area contributed by atoms with Crippen molar-refractivity contribution in [3.05, 3.63) is 22.8 Å². The first-order chi connectivity index (χ1) is 8.06. The molecule has 1 aromatic carbocycles. The summed E-state index contributed by atoms with van der Waals surface area (Å²) in [5.41, 5.74) is 2.66. The lowest BCUT2D eigenvalue weighted by molar-refractivity contribution is 0.172. The second-order valence-electron chi connectivity index (χ2n) is 4.04. The van der Waals surface area contributed by atoms with Crippen molar-refractivity contribution >= 4 is 0 Å². The largest absolute Gasteiger partial charge is 0.496 e. The van der Waals surface area contributed by atoms with Crippen LogP contribution in [0.5, 0.6) is 11.5 Å². The number of rotatable bonds is 5. The Morgan fingerprint density at radius 3 is 2.41 bits per heavy atom. The molecule has 1 rings (SSSR count). The van der Waals surface area contributed by atoms with Crippen molar-refractivity contribution in [2.75, 3.05) is 27.8 Å². The monoisotopic (exact) mass is 239 g/mol. The van der Waals surface area contributed by atoms with E-state index in [2.05, 4.69) is 5.32 Å². The smallest absolute Gasteiger partial charge is 0.128 e. The van der Waals surface area contributed by atoms with E-state index in [-0.39, 0.29) is 0 Å². The highest BCUT2D eigenvalue weighted by Gasteiger charge is 2.20. The Bertz CT molecular complexity index is 391. The zero-order valence-corrected chi connectivity index (χ0v) is 11.1. The van der Waals surface area contributed by atoms with E-state index in [0.29, 0.717) is 6.54 Å². The molecular formula is C13H21NO3. The Morgan fingerprint density at radius 1 is 1.29 bits per heavy atom. The summed E-state index contributed by atoms with van der Waals surface area (Å²) in [5.74, 6) is 1.50. The topological polar surface area (TPSA) is 50.7 Å². The Kier molecular flexibility index (Phi) is 4.78. The molecule has 1 unspecified atom stereocenters. The van der Waals surface area contributed by atoms with Gasteiger partial charge in [-0.05, 0) is 32.5 Å². The lowest BCUT2D eigenvalue weighted by Gasteiger charge is -2.21. The van der Waals surface area contributed by atoms with Gasteiger partial charge in [0.1, 0.15) is 11.5 Å². The minimum Gasteiger partial charge on any atom is -0.496 e. The van der Waals surface area contributed by atoms with E-state index in [9.17, 15) is 5.11 Å². The zero-order chi connectivity index (χ0) is 13.0. The Balaban J connectivity index is 3.36. The lowest BCUT2D eigenvalue weighted by Crippen LogP contribution is -2.18. The molecule has 0 saturated carbocycles. The summed E-state index contributed by atoms with van der Waals surface area (Å²) >= 11 is 0. The predicted molar refractivity (Wildman–Crippen MR) is 67.9 cm³/mol. The second-order valence-corrected chi connectivity index (χ2v) is 4.04. The van der Waals surface area contributed by atoms with Crippen molar-refractivity contribution in [2.24, 2.45) is 0 Å². The number of aryl methyl sites for hydroxylation is 1. The molecule has 0 aliphatic carbocycles. The first-order valence-corrected chi connectivity index (χ1v) is 5.61. The van der Waals surface area contributed by atoms with Crippen molar-refractivity contribution in [1.82, 2.24) is 5.32 Å². The van der Waals surface area contributed by atoms with Gasteiger partial charge in [-0.3, -0.25) is 0 Å². The van der Waals surface area contributed by atoms with Gasteiger partial charge in [-0.25, -0.2) is 0 Å². The second kappa shape index (κ2) is 5.89. The molecule has 2 N–H and O–H groups in total. The SMILES string of the molecule is CNCC(O)c1c(C)c(OC)cc(C)c1OC. The predicted octanol–water partition coefficient (Wildman–Crippen LogP) is 1.57. The number of hydrogen-bond donors (Lipinski definition) is 2. The number of nitrogens with one attached hydrogen (secondary N) is 1. The molecular weight excluding hydrogens is 218 g/mol. The van der Waals surface area contributed by atoms with E-state index in [1.54, 1.807) is 21.3 Å². The molecule has 0 bridgehead atoms. The average Bonchev–Trinajstić information content (AvgIpc) is 2.31. The fourth-order valence-corrected chi connectivity index (χ4v) is 2.07. The number of likely N-dealkylation sites (N-methyl/N-ethyl adjacent to an activating group) is 1. The fraction of sp³-hybridized carbons (Fsp3) is 0.538. The van der Waals surface area contributed by atoms with Gasteiger partial charge in [-0.2, -0.15) is 0 Å². The summed E-state index contributed by atoms with van der Waals surface area (Å²) in [7, 11) is 5.05. The molecule has 0 heterocycles. The van der Waals surface area contributed by atoms with Gasteiger partial charge in [0.2, 0.25) is 0 Å². The third-order valence-electron chi connectivity index (χ3n) is 2.88. The molecule has 0 aliphatic rings. The first-order valence-electron chi connectivity index (χ1n) is 5.61. The van der Waals surface area contributed by atoms with Crippen LogP contribution in [0.1, 0.15) is 22.8 Å². The van der Waals surface area contributed by atoms with Gasteiger partial charge in [0, 0.05) is 17.7 Å². The summed E-state index contributed by atoms with van der Waals surface area (Å²) in [6.07, 6.45) is -0.608. The van der Waals surface area contributed by atoms with Gasteiger partial charge < -0.3 is 19.9 Å². The van der Waals surface area contributed by atoms with Crippen LogP contribution in [0.4, 0.5) is 0 Å². The van der Waals surface area contributed by atoms with E-state index in [1.807, 2.05) is 19.9 Å². The van der Waals surface area contributed by atoms with Gasteiger partial charge >= 0.3 is 0 Å². The molecule has 0 fully saturated rings. The molecule has 1 atom stereocenters. The molecule has 1 aromatic rings. The summed E-state index contributed by atoms with van der Waals surface area (Å²) in [6, 6.07) is 1.92. The van der Waals surface area contributed by atoms with E-state index in [1.165, 1.54) is 0 Å². The third kappa shape index (κ3) is 2.70. The Morgan fingerprint density at radius 2 is 1.94 bits per heavy atom. The molecule has 4 heteroatoms. The fourth-order valence-electron chi connectivity index (χ4n) is 2.07. The molecule has 0 aliphatic heterocycles. The summed E-state index contributed by atoms with van der Waals surface area (Å²) in [4.78, 5) is 0. The maximum Gasteiger partial charge on any atom is 0.128 e. The Labute approximate surface area is 103 Å². The maximum absolute atomic E-state index is 10.2. The molecule has 0 saturated heterocycles. The van der Waals surface area contributed by atoms with Crippen LogP contribution >= 0.6 is 0 Å². The number of hydrogen-bond acceptors (Lipinski definition) is 4. The van der Waals surface area contributed by atoms with E-state index >= 15 is 0 Å². The molecule has 0 spiro atoms. The summed E-state index contributed by atoms with van der Waals surface area (Å²) in [6.45, 7) is 4.34. The van der Waals surface area contributed by atoms with Crippen LogP contribution in [-0.2, 0) is 0 Å². The van der Waals surface area contributed by atoms with Crippen molar-refractivity contribution in [2.45, 2.75) is 20.0 Å². The highest BCUT2D eigenvalue weighted by Crippen LogP contribution is 2.37. The molecule has 0 aromatic heterocycles. The maximum atomic E-state index is 10.2. The Hall–Kier alpha value is -1.26. The highest BCUT2D eigenvalue weighted by atomic mass is 16.5. The van der Waals surface area contributed by atoms with Crippen LogP contribution in [0.25, 0.3) is 0 Å². The van der Waals surface area contributed by atoms with Gasteiger partial charge in [0.25, 0.3) is 0 Å². The van der Waals surface area contributed by atoms with Crippen LogP contribution in [0.2, 0.25) is 0 Å². The van der Waals surface area contributed by atoms with Crippen LogP contribution in [0.15, 0.2) is 6.07 Å². The van der Waals surface area contributed by atoms with Crippen LogP contribution in [0.3, 0.4) is 0 Å². The molecule has 0 radical (unpaired) electrons. The first kappa shape index (κ1) is 13.8. The van der Waals surface area contributed by atoms with E-state index < -0.39 is 6.10 Å². The highest BCUT2D eigenvalue weighted by molar-refractivity contribution is 5.53. The summed E-state index contributed by atoms with van der Waals surface area (Å²) in [5, 5.41) is 13.1. The number of aliphatic hydroxyl groups excluding tert-OH is 1. The number of aliphatic hydroxyl groups is 1. The van der Waals surface area contributed by atoms with Crippen molar-refractivity contribution in [3.63, 3.8) is 0 Å². The number of benzene rings is 1. The van der Waals surface area contributed by atoms with Gasteiger partial charge in [0.05, 0.1) is 20.3 Å². The van der Waals surface area contributed by atoms with Crippen LogP contribution in [-0.4, -0.2) is 32.9 Å². The van der Waals surface area contributed by atoms with Gasteiger partial charge in [0.15, 0.2) is 0 Å². The normalized spacial score (nSPS) is 12.4. The number of ether oxygens (including phenoxy) is 2. The molecule has 96 valence electrons. The minimum absolute atomic E-state index is 0.476. The lowest BCUT2D eigenvalue weighted by atomic mass is 9.97. The molecule has 17 heavy (non-hydrogen) atoms. The zero-order valence-electron chi connectivity index (χ0n) is 11.1. The van der Waals surface area contributed by atoms with Crippen molar-refractivity contribution < 1.29 is 14.6 Å². The van der Waals surface area contributed by atoms with Crippen molar-refractivity contribution in [3.8, 4) is 11.5 Å². The van der Waals surface area contributed by atoms with Gasteiger partial charge in [-0.1, -0.05) is 0 Å². The van der Waals surface area contributed by atoms with E-state index in [4.69, 9.17) is 9.47 Å². The quantitative estimate of drug-likeness (QED) is 0.819. The number of methoxy groups -OCH3 is 2. The summed E-state index contributed by atoms with van der Waals surface area (Å²) < 4.78 is 10.7. The minimum atomic E-state index is -0.608. The van der Waals surface area contributed by atoms with Gasteiger partial charge in [-0.15, -0.1) is 0 Å². The molecule has 0 amide bonds. The standard InChI is InChI=1S/C13H21NO3/c1-8-6-11(16-4)9(2)12(13(8)17-5)10(15)7-14-3/h6,10,14-15H,7H2,1-5H3. The van der Waals surface area contributed by atoms with E-state index in [0.717, 1.165) is 28.2 Å². The third-order valence-corrected chi connectivity index (χ3v) is 2.88. The van der Waals surface area contributed by atoms with Crippen LogP contribution in [0, 0.1) is 13.8 Å². The van der Waals surface area contributed by atoms with Crippen molar-refractivity contribution in [1.29, 1.82) is 0 Å².